The fourth-order valence-corrected chi connectivity index (χ4v) is 2.35. The Bertz CT molecular complexity index is 388. The number of aliphatic carboxylic acids is 1. The second-order valence-corrected chi connectivity index (χ2v) is 5.18. The summed E-state index contributed by atoms with van der Waals surface area (Å²) in [6.07, 6.45) is 1.43. The minimum Gasteiger partial charge on any atom is -0.480 e. The van der Waals surface area contributed by atoms with Crippen molar-refractivity contribution in [2.24, 2.45) is 11.7 Å². The van der Waals surface area contributed by atoms with Crippen LogP contribution in [0.5, 0.6) is 0 Å². The van der Waals surface area contributed by atoms with Crippen molar-refractivity contribution in [1.29, 1.82) is 0 Å². The molecule has 1 aliphatic heterocycles. The highest BCUT2D eigenvalue weighted by atomic mass is 16.5. The Labute approximate surface area is 123 Å². The maximum atomic E-state index is 12.2. The molecule has 0 radical (unpaired) electrons. The number of amides is 2. The summed E-state index contributed by atoms with van der Waals surface area (Å²) >= 11 is 0. The molecule has 120 valence electrons. The van der Waals surface area contributed by atoms with E-state index in [1.165, 1.54) is 12.0 Å². The molecule has 1 unspecified atom stereocenters. The van der Waals surface area contributed by atoms with Gasteiger partial charge in [0.15, 0.2) is 0 Å². The largest absolute Gasteiger partial charge is 0.480 e. The average molecular weight is 301 g/mol. The number of piperidine rings is 1. The normalized spacial score (nSPS) is 18.8. The first-order valence-corrected chi connectivity index (χ1v) is 6.94. The average Bonchev–Trinajstić information content (AvgIpc) is 2.44. The highest BCUT2D eigenvalue weighted by Crippen LogP contribution is 2.16. The molecular weight excluding hydrogens is 278 g/mol. The summed E-state index contributed by atoms with van der Waals surface area (Å²) in [5.74, 6) is -1.88. The third-order valence-electron chi connectivity index (χ3n) is 3.51. The van der Waals surface area contributed by atoms with Gasteiger partial charge in [-0.3, -0.25) is 19.3 Å². The van der Waals surface area contributed by atoms with Crippen LogP contribution in [-0.2, 0) is 19.1 Å². The molecule has 8 heteroatoms. The molecule has 3 N–H and O–H groups in total. The lowest BCUT2D eigenvalue weighted by molar-refractivity contribution is -0.140. The molecule has 21 heavy (non-hydrogen) atoms. The summed E-state index contributed by atoms with van der Waals surface area (Å²) in [6, 6.07) is 0. The van der Waals surface area contributed by atoms with Crippen LogP contribution in [0, 0.1) is 5.92 Å². The van der Waals surface area contributed by atoms with Crippen LogP contribution in [0.3, 0.4) is 0 Å². The van der Waals surface area contributed by atoms with Crippen molar-refractivity contribution in [3.8, 4) is 0 Å². The number of carboxylic acid groups (broad SMARTS) is 1. The first-order valence-electron chi connectivity index (χ1n) is 6.94. The Morgan fingerprint density at radius 3 is 2.67 bits per heavy atom. The van der Waals surface area contributed by atoms with Gasteiger partial charge in [-0.1, -0.05) is 0 Å². The van der Waals surface area contributed by atoms with E-state index in [4.69, 9.17) is 15.6 Å². The summed E-state index contributed by atoms with van der Waals surface area (Å²) in [5.41, 5.74) is 5.28. The fraction of sp³-hybridized carbons (Fsp3) is 0.769. The Balaban J connectivity index is 2.54. The van der Waals surface area contributed by atoms with E-state index in [-0.39, 0.29) is 24.9 Å². The Hall–Kier alpha value is -1.67. The van der Waals surface area contributed by atoms with Gasteiger partial charge in [0.25, 0.3) is 0 Å². The summed E-state index contributed by atoms with van der Waals surface area (Å²) in [4.78, 5) is 37.3. The van der Waals surface area contributed by atoms with E-state index in [1.54, 1.807) is 4.90 Å². The number of nitrogens with zero attached hydrogens (tertiary/aromatic N) is 2. The molecule has 0 aliphatic carbocycles. The molecule has 8 nitrogen and oxygen atoms in total. The van der Waals surface area contributed by atoms with Crippen molar-refractivity contribution in [2.45, 2.75) is 12.8 Å². The van der Waals surface area contributed by atoms with Crippen molar-refractivity contribution in [1.82, 2.24) is 9.80 Å². The molecule has 0 aromatic heterocycles. The molecule has 0 bridgehead atoms. The van der Waals surface area contributed by atoms with Gasteiger partial charge in [0.1, 0.15) is 0 Å². The van der Waals surface area contributed by atoms with Crippen molar-refractivity contribution < 1.29 is 24.2 Å². The van der Waals surface area contributed by atoms with E-state index in [0.29, 0.717) is 32.7 Å². The van der Waals surface area contributed by atoms with Crippen molar-refractivity contribution in [3.05, 3.63) is 0 Å². The van der Waals surface area contributed by atoms with Crippen molar-refractivity contribution in [2.75, 3.05) is 46.4 Å². The Kier molecular flexibility index (Phi) is 7.10. The maximum Gasteiger partial charge on any atom is 0.317 e. The quantitative estimate of drug-likeness (QED) is 0.579. The van der Waals surface area contributed by atoms with Crippen LogP contribution in [0.1, 0.15) is 12.8 Å². The van der Waals surface area contributed by atoms with Crippen LogP contribution in [0.15, 0.2) is 0 Å². The second-order valence-electron chi connectivity index (χ2n) is 5.18. The molecule has 1 aliphatic rings. The van der Waals surface area contributed by atoms with Crippen LogP contribution in [-0.4, -0.2) is 79.1 Å². The van der Waals surface area contributed by atoms with Gasteiger partial charge in [-0.25, -0.2) is 0 Å². The smallest absolute Gasteiger partial charge is 0.317 e. The molecular formula is C13H23N3O5. The van der Waals surface area contributed by atoms with Crippen molar-refractivity contribution >= 4 is 17.8 Å². The number of likely N-dealkylation sites (tertiary alicyclic amines) is 1. The highest BCUT2D eigenvalue weighted by molar-refractivity contribution is 5.81. The molecule has 0 saturated carbocycles. The summed E-state index contributed by atoms with van der Waals surface area (Å²) in [7, 11) is 1.52. The predicted octanol–water partition coefficient (Wildman–Crippen LogP) is -1.26. The predicted molar refractivity (Wildman–Crippen MR) is 74.5 cm³/mol. The van der Waals surface area contributed by atoms with Gasteiger partial charge < -0.3 is 20.5 Å². The van der Waals surface area contributed by atoms with E-state index in [0.717, 1.165) is 6.42 Å². The third-order valence-corrected chi connectivity index (χ3v) is 3.51. The van der Waals surface area contributed by atoms with Crippen LogP contribution in [0.25, 0.3) is 0 Å². The van der Waals surface area contributed by atoms with Gasteiger partial charge in [-0.05, 0) is 12.8 Å². The highest BCUT2D eigenvalue weighted by Gasteiger charge is 2.27. The van der Waals surface area contributed by atoms with E-state index < -0.39 is 11.9 Å². The SMILES string of the molecule is COCCN(CC(=O)O)CC(=O)N1CCCC(C(N)=O)C1. The Morgan fingerprint density at radius 2 is 2.10 bits per heavy atom. The van der Waals surface area contributed by atoms with Crippen LogP contribution >= 0.6 is 0 Å². The number of carbonyl (C=O) groups excluding carboxylic acids is 2. The second kappa shape index (κ2) is 8.58. The number of methoxy groups -OCH3 is 1. The number of hydrogen-bond acceptors (Lipinski definition) is 5. The molecule has 0 aromatic rings. The van der Waals surface area contributed by atoms with E-state index in [9.17, 15) is 14.4 Å². The van der Waals surface area contributed by atoms with Crippen molar-refractivity contribution in [3.63, 3.8) is 0 Å². The lowest BCUT2D eigenvalue weighted by atomic mass is 9.97. The standard InChI is InChI=1S/C13H23N3O5/c1-21-6-5-15(9-12(18)19)8-11(17)16-4-2-3-10(7-16)13(14)20/h10H,2-9H2,1H3,(H2,14,20)(H,18,19). The zero-order chi connectivity index (χ0) is 15.8. The summed E-state index contributed by atoms with van der Waals surface area (Å²) < 4.78 is 4.91. The van der Waals surface area contributed by atoms with Crippen LogP contribution in [0.2, 0.25) is 0 Å². The number of hydrogen-bond donors (Lipinski definition) is 2. The zero-order valence-electron chi connectivity index (χ0n) is 12.3. The molecule has 1 fully saturated rings. The molecule has 1 heterocycles. The number of nitrogens with two attached hydrogens (primary N) is 1. The molecule has 1 atom stereocenters. The van der Waals surface area contributed by atoms with Gasteiger partial charge in [-0.15, -0.1) is 0 Å². The zero-order valence-corrected chi connectivity index (χ0v) is 12.3. The molecule has 0 spiro atoms. The number of carboxylic acids is 1. The first-order chi connectivity index (χ1) is 9.93. The van der Waals surface area contributed by atoms with Crippen LogP contribution in [0.4, 0.5) is 0 Å². The van der Waals surface area contributed by atoms with Gasteiger partial charge in [-0.2, -0.15) is 0 Å². The third kappa shape index (κ3) is 6.09. The lowest BCUT2D eigenvalue weighted by Gasteiger charge is -2.32. The molecule has 1 rings (SSSR count). The fourth-order valence-electron chi connectivity index (χ4n) is 2.35. The summed E-state index contributed by atoms with van der Waals surface area (Å²) in [6.45, 7) is 1.39. The van der Waals surface area contributed by atoms with Crippen LogP contribution < -0.4 is 5.73 Å². The molecule has 0 aromatic carbocycles. The monoisotopic (exact) mass is 301 g/mol. The first kappa shape index (κ1) is 17.4. The number of rotatable bonds is 8. The van der Waals surface area contributed by atoms with Gasteiger partial charge >= 0.3 is 5.97 Å². The Morgan fingerprint density at radius 1 is 1.38 bits per heavy atom. The number of ether oxygens (including phenoxy) is 1. The van der Waals surface area contributed by atoms with Gasteiger partial charge in [0.2, 0.25) is 11.8 Å². The number of primary amides is 1. The van der Waals surface area contributed by atoms with E-state index >= 15 is 0 Å². The minimum atomic E-state index is -0.993. The lowest BCUT2D eigenvalue weighted by Crippen LogP contribution is -2.48. The van der Waals surface area contributed by atoms with Gasteiger partial charge in [0, 0.05) is 26.7 Å². The topological polar surface area (TPSA) is 113 Å². The van der Waals surface area contributed by atoms with E-state index in [2.05, 4.69) is 0 Å². The van der Waals surface area contributed by atoms with E-state index in [1.807, 2.05) is 0 Å². The number of carbonyl (C=O) groups is 3. The maximum absolute atomic E-state index is 12.2. The van der Waals surface area contributed by atoms with Gasteiger partial charge in [0.05, 0.1) is 25.6 Å². The molecule has 1 saturated heterocycles. The molecule has 2 amide bonds. The minimum absolute atomic E-state index is 0.00113. The summed E-state index contributed by atoms with van der Waals surface area (Å²) in [5, 5.41) is 8.85.